The quantitative estimate of drug-likeness (QED) is 0.283. The van der Waals surface area contributed by atoms with Crippen molar-refractivity contribution in [2.24, 2.45) is 11.1 Å². The lowest BCUT2D eigenvalue weighted by molar-refractivity contribution is -0.149. The van der Waals surface area contributed by atoms with Gasteiger partial charge in [0.25, 0.3) is 11.1 Å². The molecule has 2 heterocycles. The molecule has 4 rings (SSSR count). The molecule has 250 valence electrons. The summed E-state index contributed by atoms with van der Waals surface area (Å²) in [7, 11) is 0. The van der Waals surface area contributed by atoms with Crippen LogP contribution in [-0.2, 0) is 27.2 Å². The monoisotopic (exact) mass is 654 g/mol. The lowest BCUT2D eigenvalue weighted by Gasteiger charge is -2.39. The smallest absolute Gasteiger partial charge is 0.286 e. The van der Waals surface area contributed by atoms with Crippen LogP contribution in [0.15, 0.2) is 24.3 Å². The molecular weight excluding hydrogens is 608 g/mol. The third kappa shape index (κ3) is 7.78. The lowest BCUT2D eigenvalue weighted by atomic mass is 9.86. The molecule has 0 aromatic heterocycles. The Bertz CT molecular complexity index is 1500. The third-order valence-electron chi connectivity index (χ3n) is 8.90. The van der Waals surface area contributed by atoms with E-state index in [2.05, 4.69) is 10.6 Å². The van der Waals surface area contributed by atoms with Crippen molar-refractivity contribution < 1.29 is 33.8 Å². The number of carbonyl (C=O) groups is 4. The van der Waals surface area contributed by atoms with Crippen LogP contribution in [-0.4, -0.2) is 76.1 Å². The number of phenolic OH excluding ortho intramolecular Hbond substituents is 1. The zero-order valence-electron chi connectivity index (χ0n) is 27.7. The van der Waals surface area contributed by atoms with Crippen molar-refractivity contribution >= 4 is 34.7 Å². The number of benzene rings is 2. The zero-order chi connectivity index (χ0) is 34.0. The largest absolute Gasteiger partial charge is 0.507 e. The predicted octanol–water partition coefficient (Wildman–Crippen LogP) is 3.69. The van der Waals surface area contributed by atoms with Crippen molar-refractivity contribution in [2.75, 3.05) is 26.2 Å². The van der Waals surface area contributed by atoms with Gasteiger partial charge in [-0.15, -0.1) is 0 Å². The van der Waals surface area contributed by atoms with Crippen LogP contribution in [0.5, 0.6) is 17.2 Å². The topological polar surface area (TPSA) is 160 Å². The van der Waals surface area contributed by atoms with Crippen LogP contribution in [0.4, 0.5) is 4.79 Å². The van der Waals surface area contributed by atoms with E-state index in [9.17, 15) is 24.3 Å². The summed E-state index contributed by atoms with van der Waals surface area (Å²) in [6.45, 7) is 13.9. The molecule has 11 nitrogen and oxygen atoms in total. The molecule has 0 aliphatic carbocycles. The van der Waals surface area contributed by atoms with Gasteiger partial charge < -0.3 is 30.5 Å². The van der Waals surface area contributed by atoms with Crippen molar-refractivity contribution in [1.29, 1.82) is 0 Å². The summed E-state index contributed by atoms with van der Waals surface area (Å²) in [5.74, 6) is 0.683. The van der Waals surface area contributed by atoms with Crippen molar-refractivity contribution in [3.8, 4) is 17.2 Å². The molecule has 3 atom stereocenters. The Kier molecular flexibility index (Phi) is 10.6. The molecule has 2 aromatic rings. The number of phenols is 1. The highest BCUT2D eigenvalue weighted by atomic mass is 32.2. The van der Waals surface area contributed by atoms with Gasteiger partial charge in [-0.25, -0.2) is 0 Å². The van der Waals surface area contributed by atoms with E-state index in [1.54, 1.807) is 24.0 Å². The van der Waals surface area contributed by atoms with Crippen LogP contribution in [0.25, 0.3) is 0 Å². The number of rotatable bonds is 11. The first-order chi connectivity index (χ1) is 21.5. The summed E-state index contributed by atoms with van der Waals surface area (Å²) in [5.41, 5.74) is 8.65. The molecule has 2 aliphatic heterocycles. The van der Waals surface area contributed by atoms with Gasteiger partial charge in [0.2, 0.25) is 11.8 Å². The predicted molar refractivity (Wildman–Crippen MR) is 177 cm³/mol. The number of nitrogens with two attached hydrogens (primary N) is 1. The first-order valence-electron chi connectivity index (χ1n) is 15.6. The highest BCUT2D eigenvalue weighted by Crippen LogP contribution is 2.43. The Morgan fingerprint density at radius 1 is 1.15 bits per heavy atom. The number of hydrogen-bond donors (Lipinski definition) is 4. The maximum absolute atomic E-state index is 14.1. The summed E-state index contributed by atoms with van der Waals surface area (Å²) >= 11 is 0.991. The SMILES string of the molecule is Cc1c(C)c2c(c(C)c1O)CCC(C)(C(=O)N(CCNC(=O)[C@@H](N)C(C)(C)C)CCOc1ccc(CC3SC(=O)NC3=O)cc1)O2. The average molecular weight is 655 g/mol. The fourth-order valence-electron chi connectivity index (χ4n) is 5.60. The van der Waals surface area contributed by atoms with Crippen LogP contribution in [0, 0.1) is 26.2 Å². The van der Waals surface area contributed by atoms with Crippen LogP contribution in [0.2, 0.25) is 0 Å². The minimum absolute atomic E-state index is 0.188. The second-order valence-corrected chi connectivity index (χ2v) is 14.5. The summed E-state index contributed by atoms with van der Waals surface area (Å²) in [4.78, 5) is 51.9. The minimum atomic E-state index is -1.16. The molecule has 12 heteroatoms. The van der Waals surface area contributed by atoms with Gasteiger partial charge in [-0.1, -0.05) is 44.7 Å². The average Bonchev–Trinajstić information content (AvgIpc) is 3.33. The molecule has 5 N–H and O–H groups in total. The van der Waals surface area contributed by atoms with Gasteiger partial charge >= 0.3 is 0 Å². The number of amides is 4. The van der Waals surface area contributed by atoms with E-state index in [0.29, 0.717) is 30.8 Å². The van der Waals surface area contributed by atoms with E-state index in [-0.39, 0.29) is 55.0 Å². The Balaban J connectivity index is 1.44. The molecule has 2 aromatic carbocycles. The molecule has 4 amide bonds. The Morgan fingerprint density at radius 3 is 2.43 bits per heavy atom. The van der Waals surface area contributed by atoms with Crippen LogP contribution >= 0.6 is 11.8 Å². The van der Waals surface area contributed by atoms with Crippen molar-refractivity contribution in [2.45, 2.75) is 84.6 Å². The molecule has 1 fully saturated rings. The summed E-state index contributed by atoms with van der Waals surface area (Å²) in [5, 5.41) is 15.0. The standard InChI is InChI=1S/C34H46N4O7S/c1-19-20(2)27-24(21(3)26(19)39)12-13-34(7,45-27)31(42)38(15-14-36-30(41)28(35)33(4,5)6)16-17-44-23-10-8-22(9-11-23)18-25-29(40)37-32(43)46-25/h8-11,25,28,39H,12-18,35H2,1-7H3,(H,36,41)(H,37,40,43)/t25?,28-,34?/m1/s1. The van der Waals surface area contributed by atoms with Crippen molar-refractivity contribution in [1.82, 2.24) is 15.5 Å². The number of hydrogen-bond acceptors (Lipinski definition) is 9. The summed E-state index contributed by atoms with van der Waals surface area (Å²) in [6.07, 6.45) is 1.42. The maximum Gasteiger partial charge on any atom is 0.286 e. The number of fused-ring (bicyclic) bond motifs is 1. The minimum Gasteiger partial charge on any atom is -0.507 e. The Hall–Kier alpha value is -3.77. The van der Waals surface area contributed by atoms with Crippen molar-refractivity contribution in [3.05, 3.63) is 52.1 Å². The van der Waals surface area contributed by atoms with Crippen molar-refractivity contribution in [3.63, 3.8) is 0 Å². The van der Waals surface area contributed by atoms with Crippen LogP contribution in [0.3, 0.4) is 0 Å². The Labute approximate surface area is 274 Å². The number of nitrogens with zero attached hydrogens (tertiary/aromatic N) is 1. The molecular formula is C34H46N4O7S. The van der Waals surface area contributed by atoms with Crippen LogP contribution < -0.4 is 25.8 Å². The second-order valence-electron chi connectivity index (χ2n) is 13.4. The fourth-order valence-corrected chi connectivity index (χ4v) is 6.46. The molecule has 2 aliphatic rings. The van der Waals surface area contributed by atoms with Gasteiger partial charge in [-0.3, -0.25) is 24.5 Å². The maximum atomic E-state index is 14.1. The number of ether oxygens (including phenoxy) is 2. The Morgan fingerprint density at radius 2 is 1.83 bits per heavy atom. The number of thioether (sulfide) groups is 1. The highest BCUT2D eigenvalue weighted by Gasteiger charge is 2.43. The molecule has 2 unspecified atom stereocenters. The molecule has 1 saturated heterocycles. The normalized spacial score (nSPS) is 20.0. The molecule has 0 bridgehead atoms. The highest BCUT2D eigenvalue weighted by molar-refractivity contribution is 8.15. The van der Waals surface area contributed by atoms with E-state index in [1.807, 2.05) is 53.7 Å². The number of imide groups is 1. The lowest BCUT2D eigenvalue weighted by Crippen LogP contribution is -2.55. The van der Waals surface area contributed by atoms with E-state index < -0.39 is 22.3 Å². The number of carbonyl (C=O) groups excluding carboxylic acids is 4. The van der Waals surface area contributed by atoms with Gasteiger partial charge in [-0.2, -0.15) is 0 Å². The van der Waals surface area contributed by atoms with E-state index in [1.165, 1.54) is 0 Å². The molecule has 46 heavy (non-hydrogen) atoms. The van der Waals surface area contributed by atoms with Gasteiger partial charge in [0.15, 0.2) is 5.60 Å². The molecule has 0 saturated carbocycles. The van der Waals surface area contributed by atoms with Gasteiger partial charge in [0, 0.05) is 25.1 Å². The first-order valence-corrected chi connectivity index (χ1v) is 16.5. The number of aromatic hydroxyl groups is 1. The van der Waals surface area contributed by atoms with E-state index in [4.69, 9.17) is 15.2 Å². The van der Waals surface area contributed by atoms with Gasteiger partial charge in [0.1, 0.15) is 23.9 Å². The van der Waals surface area contributed by atoms with Gasteiger partial charge in [-0.05, 0) is 80.3 Å². The summed E-state index contributed by atoms with van der Waals surface area (Å²) < 4.78 is 12.5. The summed E-state index contributed by atoms with van der Waals surface area (Å²) in [6, 6.07) is 6.58. The van der Waals surface area contributed by atoms with E-state index in [0.717, 1.165) is 39.6 Å². The first kappa shape index (κ1) is 35.1. The zero-order valence-corrected chi connectivity index (χ0v) is 28.6. The second kappa shape index (κ2) is 13.9. The third-order valence-corrected chi connectivity index (χ3v) is 9.88. The molecule has 0 radical (unpaired) electrons. The number of nitrogens with one attached hydrogen (secondary N) is 2. The van der Waals surface area contributed by atoms with E-state index >= 15 is 0 Å². The molecule has 0 spiro atoms. The fraction of sp³-hybridized carbons (Fsp3) is 0.529. The van der Waals surface area contributed by atoms with Gasteiger partial charge in [0.05, 0.1) is 17.8 Å². The van der Waals surface area contributed by atoms with Crippen LogP contribution in [0.1, 0.15) is 61.9 Å².